The zero-order valence-corrected chi connectivity index (χ0v) is 17.5. The molecule has 162 valence electrons. The highest BCUT2D eigenvalue weighted by molar-refractivity contribution is 6.07. The van der Waals surface area contributed by atoms with E-state index in [4.69, 9.17) is 9.47 Å². The normalized spacial score (nSPS) is 18.1. The fourth-order valence-corrected chi connectivity index (χ4v) is 3.61. The molecule has 8 heteroatoms. The predicted molar refractivity (Wildman–Crippen MR) is 115 cm³/mol. The van der Waals surface area contributed by atoms with E-state index >= 15 is 0 Å². The lowest BCUT2D eigenvalue weighted by molar-refractivity contribution is -0.122. The van der Waals surface area contributed by atoms with Crippen molar-refractivity contribution in [1.82, 2.24) is 5.32 Å². The van der Waals surface area contributed by atoms with E-state index in [-0.39, 0.29) is 43.5 Å². The second-order valence-electron chi connectivity index (χ2n) is 7.76. The highest BCUT2D eigenvalue weighted by Crippen LogP contribution is 2.37. The van der Waals surface area contributed by atoms with Crippen LogP contribution in [0.1, 0.15) is 37.0 Å². The molecule has 3 amide bonds. The summed E-state index contributed by atoms with van der Waals surface area (Å²) in [6, 6.07) is 12.2. The van der Waals surface area contributed by atoms with Gasteiger partial charge < -0.3 is 25.0 Å². The standard InChI is InChI=1S/C23H25N3O5/c1-3-14(2)24-23(29)17-6-4-5-7-18(17)25-22(28)15-10-21(27)26(12-15)16-8-9-19-20(11-16)31-13-30-19/h4-9,11,14-15H,3,10,12-13H2,1-2H3,(H,24,29)(H,25,28). The summed E-state index contributed by atoms with van der Waals surface area (Å²) in [5.41, 5.74) is 1.49. The topological polar surface area (TPSA) is 97.0 Å². The number of fused-ring (bicyclic) bond motifs is 1. The molecule has 4 rings (SSSR count). The summed E-state index contributed by atoms with van der Waals surface area (Å²) in [6.07, 6.45) is 0.904. The molecule has 1 saturated heterocycles. The minimum Gasteiger partial charge on any atom is -0.454 e. The van der Waals surface area contributed by atoms with Gasteiger partial charge in [0.2, 0.25) is 18.6 Å². The smallest absolute Gasteiger partial charge is 0.253 e. The quantitative estimate of drug-likeness (QED) is 0.745. The van der Waals surface area contributed by atoms with E-state index < -0.39 is 5.92 Å². The van der Waals surface area contributed by atoms with E-state index in [1.807, 2.05) is 13.8 Å². The van der Waals surface area contributed by atoms with Crippen molar-refractivity contribution in [2.75, 3.05) is 23.6 Å². The van der Waals surface area contributed by atoms with Crippen molar-refractivity contribution < 1.29 is 23.9 Å². The van der Waals surface area contributed by atoms with Gasteiger partial charge in [0.05, 0.1) is 17.2 Å². The molecule has 31 heavy (non-hydrogen) atoms. The van der Waals surface area contributed by atoms with Gasteiger partial charge in [0.25, 0.3) is 5.91 Å². The Morgan fingerprint density at radius 3 is 2.74 bits per heavy atom. The highest BCUT2D eigenvalue weighted by atomic mass is 16.7. The van der Waals surface area contributed by atoms with Crippen LogP contribution in [-0.4, -0.2) is 37.1 Å². The Labute approximate surface area is 180 Å². The molecule has 0 aliphatic carbocycles. The van der Waals surface area contributed by atoms with Crippen molar-refractivity contribution in [2.45, 2.75) is 32.7 Å². The van der Waals surface area contributed by atoms with Crippen LogP contribution in [0.15, 0.2) is 42.5 Å². The summed E-state index contributed by atoms with van der Waals surface area (Å²) >= 11 is 0. The largest absolute Gasteiger partial charge is 0.454 e. The van der Waals surface area contributed by atoms with Crippen LogP contribution in [-0.2, 0) is 9.59 Å². The minimum absolute atomic E-state index is 0.0268. The molecule has 1 fully saturated rings. The third-order valence-corrected chi connectivity index (χ3v) is 5.58. The maximum Gasteiger partial charge on any atom is 0.253 e. The molecule has 2 aromatic carbocycles. The second-order valence-corrected chi connectivity index (χ2v) is 7.76. The van der Waals surface area contributed by atoms with Crippen molar-refractivity contribution in [1.29, 1.82) is 0 Å². The van der Waals surface area contributed by atoms with E-state index in [1.54, 1.807) is 47.4 Å². The number of amides is 3. The van der Waals surface area contributed by atoms with Crippen LogP contribution < -0.4 is 25.0 Å². The average Bonchev–Trinajstić information content (AvgIpc) is 3.39. The molecular formula is C23H25N3O5. The zero-order valence-electron chi connectivity index (χ0n) is 17.5. The molecule has 0 aromatic heterocycles. The maximum atomic E-state index is 12.9. The monoisotopic (exact) mass is 423 g/mol. The molecule has 2 aliphatic rings. The number of hydrogen-bond acceptors (Lipinski definition) is 5. The van der Waals surface area contributed by atoms with Crippen LogP contribution in [0.3, 0.4) is 0 Å². The van der Waals surface area contributed by atoms with Gasteiger partial charge in [-0.2, -0.15) is 0 Å². The first-order valence-corrected chi connectivity index (χ1v) is 10.4. The third-order valence-electron chi connectivity index (χ3n) is 5.58. The van der Waals surface area contributed by atoms with E-state index in [0.717, 1.165) is 6.42 Å². The zero-order chi connectivity index (χ0) is 22.0. The number of anilines is 2. The fourth-order valence-electron chi connectivity index (χ4n) is 3.61. The highest BCUT2D eigenvalue weighted by Gasteiger charge is 2.36. The van der Waals surface area contributed by atoms with Crippen LogP contribution in [0, 0.1) is 5.92 Å². The number of ether oxygens (including phenoxy) is 2. The number of nitrogens with one attached hydrogen (secondary N) is 2. The summed E-state index contributed by atoms with van der Waals surface area (Å²) in [5.74, 6) is 0.0250. The number of hydrogen-bond donors (Lipinski definition) is 2. The minimum atomic E-state index is -0.524. The first-order chi connectivity index (χ1) is 15.0. The van der Waals surface area contributed by atoms with E-state index in [0.29, 0.717) is 28.4 Å². The summed E-state index contributed by atoms with van der Waals surface area (Å²) in [5, 5.41) is 5.75. The molecule has 2 N–H and O–H groups in total. The molecule has 0 radical (unpaired) electrons. The Kier molecular flexibility index (Phi) is 5.79. The first-order valence-electron chi connectivity index (χ1n) is 10.4. The molecule has 2 aliphatic heterocycles. The molecular weight excluding hydrogens is 398 g/mol. The van der Waals surface area contributed by atoms with Gasteiger partial charge in [-0.25, -0.2) is 0 Å². The second kappa shape index (κ2) is 8.67. The fraction of sp³-hybridized carbons (Fsp3) is 0.348. The van der Waals surface area contributed by atoms with Crippen LogP contribution in [0.2, 0.25) is 0 Å². The number of benzene rings is 2. The Balaban J connectivity index is 1.45. The number of nitrogens with zero attached hydrogens (tertiary/aromatic N) is 1. The van der Waals surface area contributed by atoms with Gasteiger partial charge in [0.15, 0.2) is 11.5 Å². The summed E-state index contributed by atoms with van der Waals surface area (Å²) in [6.45, 7) is 4.32. The Morgan fingerprint density at radius 1 is 1.16 bits per heavy atom. The maximum absolute atomic E-state index is 12.9. The Hall–Kier alpha value is -3.55. The van der Waals surface area contributed by atoms with Crippen LogP contribution in [0.25, 0.3) is 0 Å². The molecule has 0 saturated carbocycles. The van der Waals surface area contributed by atoms with Crippen LogP contribution in [0.4, 0.5) is 11.4 Å². The van der Waals surface area contributed by atoms with Crippen LogP contribution >= 0.6 is 0 Å². The summed E-state index contributed by atoms with van der Waals surface area (Å²) < 4.78 is 10.7. The van der Waals surface area contributed by atoms with E-state index in [2.05, 4.69) is 10.6 Å². The molecule has 2 unspecified atom stereocenters. The number of carbonyl (C=O) groups is 3. The molecule has 8 nitrogen and oxygen atoms in total. The summed E-state index contributed by atoms with van der Waals surface area (Å²) in [4.78, 5) is 39.6. The van der Waals surface area contributed by atoms with Crippen molar-refractivity contribution in [3.8, 4) is 11.5 Å². The number of carbonyl (C=O) groups excluding carboxylic acids is 3. The van der Waals surface area contributed by atoms with Gasteiger partial charge in [0, 0.05) is 30.8 Å². The van der Waals surface area contributed by atoms with Gasteiger partial charge >= 0.3 is 0 Å². The lowest BCUT2D eigenvalue weighted by atomic mass is 10.1. The van der Waals surface area contributed by atoms with E-state index in [1.165, 1.54) is 0 Å². The molecule has 0 bridgehead atoms. The van der Waals surface area contributed by atoms with Gasteiger partial charge in [-0.3, -0.25) is 14.4 Å². The van der Waals surface area contributed by atoms with Gasteiger partial charge in [-0.1, -0.05) is 19.1 Å². The SMILES string of the molecule is CCC(C)NC(=O)c1ccccc1NC(=O)C1CC(=O)N(c2ccc3c(c2)OCO3)C1. The third kappa shape index (κ3) is 4.33. The first kappa shape index (κ1) is 20.7. The Bertz CT molecular complexity index is 1020. The van der Waals surface area contributed by atoms with Gasteiger partial charge in [-0.05, 0) is 37.6 Å². The Morgan fingerprint density at radius 2 is 1.94 bits per heavy atom. The van der Waals surface area contributed by atoms with Gasteiger partial charge in [-0.15, -0.1) is 0 Å². The average molecular weight is 423 g/mol. The van der Waals surface area contributed by atoms with Crippen LogP contribution in [0.5, 0.6) is 11.5 Å². The molecule has 0 spiro atoms. The van der Waals surface area contributed by atoms with Crippen molar-refractivity contribution >= 4 is 29.1 Å². The predicted octanol–water partition coefficient (Wildman–Crippen LogP) is 2.94. The van der Waals surface area contributed by atoms with Crippen molar-refractivity contribution in [3.63, 3.8) is 0 Å². The molecule has 2 aromatic rings. The molecule has 2 heterocycles. The lowest BCUT2D eigenvalue weighted by Gasteiger charge is -2.18. The van der Waals surface area contributed by atoms with E-state index in [9.17, 15) is 14.4 Å². The molecule has 2 atom stereocenters. The number of rotatable bonds is 6. The van der Waals surface area contributed by atoms with Crippen molar-refractivity contribution in [2.24, 2.45) is 5.92 Å². The van der Waals surface area contributed by atoms with Gasteiger partial charge in [0.1, 0.15) is 0 Å². The lowest BCUT2D eigenvalue weighted by Crippen LogP contribution is -2.33. The van der Waals surface area contributed by atoms with Crippen molar-refractivity contribution in [3.05, 3.63) is 48.0 Å². The number of para-hydroxylation sites is 1. The summed E-state index contributed by atoms with van der Waals surface area (Å²) in [7, 11) is 0.